The summed E-state index contributed by atoms with van der Waals surface area (Å²) >= 11 is 1.14. The number of hydrogen-bond donors (Lipinski definition) is 1. The van der Waals surface area contributed by atoms with Gasteiger partial charge in [-0.1, -0.05) is 0 Å². The fraction of sp³-hybridized carbons (Fsp3) is 0.688. The molecule has 2 saturated carbocycles. The fourth-order valence-corrected chi connectivity index (χ4v) is 3.36. The summed E-state index contributed by atoms with van der Waals surface area (Å²) in [6.07, 6.45) is 2.88. The lowest BCUT2D eigenvalue weighted by atomic mass is 10.2. The zero-order chi connectivity index (χ0) is 16.8. The minimum atomic E-state index is -1.000. The van der Waals surface area contributed by atoms with Crippen LogP contribution in [0.15, 0.2) is 5.38 Å². The number of thiazole rings is 1. The molecule has 1 N–H and O–H groups in total. The molecule has 0 aliphatic heterocycles. The van der Waals surface area contributed by atoms with Crippen molar-refractivity contribution < 1.29 is 19.4 Å². The number of aromatic nitrogens is 1. The Morgan fingerprint density at radius 3 is 2.65 bits per heavy atom. The second-order valence-electron chi connectivity index (χ2n) is 7.37. The zero-order valence-electron chi connectivity index (χ0n) is 13.6. The van der Waals surface area contributed by atoms with Crippen molar-refractivity contribution in [1.29, 1.82) is 0 Å². The summed E-state index contributed by atoms with van der Waals surface area (Å²) < 4.78 is 5.53. The van der Waals surface area contributed by atoms with Crippen LogP contribution in [0, 0.1) is 5.92 Å². The average molecular weight is 338 g/mol. The van der Waals surface area contributed by atoms with Gasteiger partial charge in [0.05, 0.1) is 5.69 Å². The molecule has 23 heavy (non-hydrogen) atoms. The highest BCUT2D eigenvalue weighted by molar-refractivity contribution is 7.11. The highest BCUT2D eigenvalue weighted by Gasteiger charge is 2.48. The van der Waals surface area contributed by atoms with Crippen LogP contribution in [0.4, 0.5) is 4.79 Å². The topological polar surface area (TPSA) is 79.7 Å². The number of carboxylic acid groups (broad SMARTS) is 1. The van der Waals surface area contributed by atoms with Gasteiger partial charge in [-0.2, -0.15) is 0 Å². The first-order chi connectivity index (χ1) is 10.7. The van der Waals surface area contributed by atoms with Crippen molar-refractivity contribution in [3.8, 4) is 0 Å². The van der Waals surface area contributed by atoms with Gasteiger partial charge in [0.1, 0.15) is 5.60 Å². The maximum absolute atomic E-state index is 12.5. The van der Waals surface area contributed by atoms with E-state index in [0.29, 0.717) is 5.92 Å². The van der Waals surface area contributed by atoms with Gasteiger partial charge in [0.25, 0.3) is 0 Å². The van der Waals surface area contributed by atoms with Crippen LogP contribution < -0.4 is 0 Å². The van der Waals surface area contributed by atoms with Crippen LogP contribution in [0.1, 0.15) is 61.4 Å². The lowest BCUT2D eigenvalue weighted by Crippen LogP contribution is -2.40. The molecule has 2 aliphatic carbocycles. The van der Waals surface area contributed by atoms with Crippen molar-refractivity contribution in [2.75, 3.05) is 6.54 Å². The Balaban J connectivity index is 1.68. The Kier molecular flexibility index (Phi) is 4.08. The molecule has 1 aromatic rings. The molecule has 0 saturated heterocycles. The number of amides is 1. The monoisotopic (exact) mass is 338 g/mol. The van der Waals surface area contributed by atoms with Crippen LogP contribution in [0.5, 0.6) is 0 Å². The van der Waals surface area contributed by atoms with E-state index in [1.165, 1.54) is 0 Å². The molecule has 1 heterocycles. The van der Waals surface area contributed by atoms with Crippen molar-refractivity contribution in [3.05, 3.63) is 16.1 Å². The predicted molar refractivity (Wildman–Crippen MR) is 85.9 cm³/mol. The summed E-state index contributed by atoms with van der Waals surface area (Å²) in [4.78, 5) is 29.4. The summed E-state index contributed by atoms with van der Waals surface area (Å²) in [7, 11) is 0. The van der Waals surface area contributed by atoms with Crippen molar-refractivity contribution in [1.82, 2.24) is 9.88 Å². The molecular weight excluding hydrogens is 316 g/mol. The summed E-state index contributed by atoms with van der Waals surface area (Å²) in [5.74, 6) is -0.292. The van der Waals surface area contributed by atoms with E-state index in [2.05, 4.69) is 4.98 Å². The van der Waals surface area contributed by atoms with Gasteiger partial charge >= 0.3 is 12.1 Å². The first kappa shape index (κ1) is 16.2. The summed E-state index contributed by atoms with van der Waals surface area (Å²) in [6.45, 7) is 6.32. The number of carbonyl (C=O) groups is 2. The smallest absolute Gasteiger partial charge is 0.410 e. The van der Waals surface area contributed by atoms with E-state index < -0.39 is 11.6 Å². The van der Waals surface area contributed by atoms with Gasteiger partial charge < -0.3 is 14.7 Å². The first-order valence-corrected chi connectivity index (χ1v) is 8.81. The number of hydrogen-bond acceptors (Lipinski definition) is 5. The highest BCUT2D eigenvalue weighted by Crippen LogP contribution is 2.46. The van der Waals surface area contributed by atoms with Crippen molar-refractivity contribution in [2.45, 2.75) is 57.6 Å². The molecular formula is C16H22N2O4S. The van der Waals surface area contributed by atoms with Crippen molar-refractivity contribution in [3.63, 3.8) is 0 Å². The Hall–Kier alpha value is -1.63. The van der Waals surface area contributed by atoms with Gasteiger partial charge in [0.15, 0.2) is 0 Å². The van der Waals surface area contributed by atoms with Crippen LogP contribution in [0.3, 0.4) is 0 Å². The second-order valence-corrected chi connectivity index (χ2v) is 8.23. The molecule has 0 unspecified atom stereocenters. The minimum Gasteiger partial charge on any atom is -0.476 e. The molecule has 0 aromatic carbocycles. The summed E-state index contributed by atoms with van der Waals surface area (Å²) in [5.41, 5.74) is 0.266. The predicted octanol–water partition coefficient (Wildman–Crippen LogP) is 3.34. The number of carboxylic acids is 1. The van der Waals surface area contributed by atoms with E-state index >= 15 is 0 Å². The highest BCUT2D eigenvalue weighted by atomic mass is 32.1. The van der Waals surface area contributed by atoms with Crippen LogP contribution in [-0.4, -0.2) is 45.2 Å². The molecule has 126 valence electrons. The number of nitrogens with zero attached hydrogens (tertiary/aromatic N) is 2. The number of aromatic carboxylic acids is 1. The largest absolute Gasteiger partial charge is 0.476 e. The lowest BCUT2D eigenvalue weighted by Gasteiger charge is -2.27. The Labute approximate surface area is 139 Å². The third-order valence-corrected chi connectivity index (χ3v) is 4.87. The van der Waals surface area contributed by atoms with E-state index in [9.17, 15) is 9.59 Å². The Morgan fingerprint density at radius 2 is 2.13 bits per heavy atom. The first-order valence-electron chi connectivity index (χ1n) is 7.93. The third-order valence-electron chi connectivity index (χ3n) is 4.02. The molecule has 2 atom stereocenters. The van der Waals surface area contributed by atoms with Gasteiger partial charge in [0, 0.05) is 23.9 Å². The van der Waals surface area contributed by atoms with E-state index in [4.69, 9.17) is 9.84 Å². The van der Waals surface area contributed by atoms with Crippen LogP contribution in [0.2, 0.25) is 0 Å². The molecule has 7 heteroatoms. The molecule has 1 aromatic heterocycles. The van der Waals surface area contributed by atoms with Gasteiger partial charge in [-0.25, -0.2) is 14.6 Å². The molecule has 0 bridgehead atoms. The Bertz CT molecular complexity index is 618. The fourth-order valence-electron chi connectivity index (χ4n) is 2.64. The van der Waals surface area contributed by atoms with Crippen molar-refractivity contribution >= 4 is 23.4 Å². The SMILES string of the molecule is CC(C)(C)OC(=O)N(CC1CC1)[C@@H]1C[C@H]1c1csc(C(=O)O)n1. The average Bonchev–Trinajstić information content (AvgIpc) is 3.33. The van der Waals surface area contributed by atoms with Gasteiger partial charge in [0.2, 0.25) is 5.01 Å². The number of ether oxygens (including phenoxy) is 1. The molecule has 3 rings (SSSR count). The van der Waals surface area contributed by atoms with E-state index in [0.717, 1.165) is 42.8 Å². The molecule has 0 spiro atoms. The molecule has 0 radical (unpaired) electrons. The second kappa shape index (κ2) is 5.78. The molecule has 1 amide bonds. The Morgan fingerprint density at radius 1 is 1.43 bits per heavy atom. The summed E-state index contributed by atoms with van der Waals surface area (Å²) in [5, 5.41) is 10.9. The molecule has 6 nitrogen and oxygen atoms in total. The quantitative estimate of drug-likeness (QED) is 0.890. The van der Waals surface area contributed by atoms with E-state index in [1.807, 2.05) is 25.7 Å². The lowest BCUT2D eigenvalue weighted by molar-refractivity contribution is 0.0220. The van der Waals surface area contributed by atoms with Crippen LogP contribution in [0.25, 0.3) is 0 Å². The maximum Gasteiger partial charge on any atom is 0.410 e. The third kappa shape index (κ3) is 4.02. The van der Waals surface area contributed by atoms with Gasteiger partial charge in [-0.05, 0) is 46.0 Å². The van der Waals surface area contributed by atoms with Gasteiger partial charge in [-0.15, -0.1) is 11.3 Å². The standard InChI is InChI=1S/C16H22N2O4S/c1-16(2,3)22-15(21)18(7-9-4-5-9)12-6-10(12)11-8-23-13(17-11)14(19)20/h8-10,12H,4-7H2,1-3H3,(H,19,20)/t10-,12+/m0/s1. The molecule has 2 fully saturated rings. The zero-order valence-corrected chi connectivity index (χ0v) is 14.4. The minimum absolute atomic E-state index is 0.0780. The van der Waals surface area contributed by atoms with Crippen molar-refractivity contribution in [2.24, 2.45) is 5.92 Å². The van der Waals surface area contributed by atoms with Gasteiger partial charge in [-0.3, -0.25) is 0 Å². The van der Waals surface area contributed by atoms with E-state index in [1.54, 1.807) is 5.38 Å². The number of rotatable bonds is 5. The maximum atomic E-state index is 12.5. The van der Waals surface area contributed by atoms with E-state index in [-0.39, 0.29) is 23.1 Å². The number of carbonyl (C=O) groups excluding carboxylic acids is 1. The normalized spacial score (nSPS) is 23.4. The van der Waals surface area contributed by atoms with Crippen LogP contribution >= 0.6 is 11.3 Å². The van der Waals surface area contributed by atoms with Crippen LogP contribution in [-0.2, 0) is 4.74 Å². The summed E-state index contributed by atoms with van der Waals surface area (Å²) in [6, 6.07) is 0.0780. The molecule has 2 aliphatic rings.